The fraction of sp³-hybridized carbons (Fsp3) is 0.217. The highest BCUT2D eigenvalue weighted by atomic mass is 16.5. The highest BCUT2D eigenvalue weighted by Gasteiger charge is 2.21. The fourth-order valence-electron chi connectivity index (χ4n) is 3.25. The Balaban J connectivity index is 1.60. The number of fused-ring (bicyclic) bond motifs is 2. The molecule has 0 N–H and O–H groups in total. The molecule has 0 saturated carbocycles. The number of benzene rings is 2. The molecule has 0 unspecified atom stereocenters. The quantitative estimate of drug-likeness (QED) is 0.358. The van der Waals surface area contributed by atoms with Crippen molar-refractivity contribution in [3.63, 3.8) is 0 Å². The zero-order chi connectivity index (χ0) is 21.3. The zero-order valence-electron chi connectivity index (χ0n) is 16.6. The van der Waals surface area contributed by atoms with Gasteiger partial charge in [-0.15, -0.1) is 0 Å². The third-order valence-corrected chi connectivity index (χ3v) is 4.63. The van der Waals surface area contributed by atoms with Gasteiger partial charge in [-0.1, -0.05) is 50.2 Å². The second-order valence-corrected chi connectivity index (χ2v) is 7.42. The van der Waals surface area contributed by atoms with E-state index < -0.39 is 18.4 Å². The smallest absolute Gasteiger partial charge is 0.359 e. The number of furan rings is 1. The van der Waals surface area contributed by atoms with Crippen molar-refractivity contribution in [3.8, 4) is 0 Å². The van der Waals surface area contributed by atoms with Gasteiger partial charge in [0.2, 0.25) is 5.78 Å². The first-order valence-electron chi connectivity index (χ1n) is 9.63. The first kappa shape index (κ1) is 19.6. The summed E-state index contributed by atoms with van der Waals surface area (Å²) in [7, 11) is 0. The Morgan fingerprint density at radius 2 is 1.77 bits per heavy atom. The van der Waals surface area contributed by atoms with Crippen LogP contribution in [0.1, 0.15) is 34.9 Å². The summed E-state index contributed by atoms with van der Waals surface area (Å²) >= 11 is 0. The van der Waals surface area contributed by atoms with E-state index in [1.165, 1.54) is 4.68 Å². The van der Waals surface area contributed by atoms with Gasteiger partial charge in [0.05, 0.1) is 5.39 Å². The van der Waals surface area contributed by atoms with Gasteiger partial charge in [0.1, 0.15) is 5.58 Å². The molecule has 2 aromatic heterocycles. The molecule has 0 fully saturated rings. The van der Waals surface area contributed by atoms with Crippen LogP contribution in [0.5, 0.6) is 0 Å². The summed E-state index contributed by atoms with van der Waals surface area (Å²) in [6, 6.07) is 15.6. The van der Waals surface area contributed by atoms with E-state index in [4.69, 9.17) is 9.15 Å². The second-order valence-electron chi connectivity index (χ2n) is 7.42. The molecule has 7 heteroatoms. The molecular formula is C23H20N2O5. The number of Topliss-reactive ketones (excluding diaryl/α,β-unsaturated/α-hetero) is 1. The minimum Gasteiger partial charge on any atom is -0.453 e. The standard InChI is InChI=1S/C23H20N2O5/c1-14(2)12-25-22(27)17-9-5-4-8-16(17)21(24-25)23(28)29-13-18(26)20-11-15-7-3-6-10-19(15)30-20/h3-11,14H,12-13H2,1-2H3. The van der Waals surface area contributed by atoms with Gasteiger partial charge < -0.3 is 9.15 Å². The van der Waals surface area contributed by atoms with Crippen LogP contribution >= 0.6 is 0 Å². The van der Waals surface area contributed by atoms with Gasteiger partial charge in [0.25, 0.3) is 5.56 Å². The van der Waals surface area contributed by atoms with E-state index in [9.17, 15) is 14.4 Å². The van der Waals surface area contributed by atoms with Gasteiger partial charge in [-0.3, -0.25) is 9.59 Å². The average molecular weight is 404 g/mol. The molecule has 2 aromatic carbocycles. The summed E-state index contributed by atoms with van der Waals surface area (Å²) in [5.74, 6) is -0.950. The molecule has 0 spiro atoms. The maximum absolute atomic E-state index is 12.7. The van der Waals surface area contributed by atoms with Crippen LogP contribution in [0.25, 0.3) is 21.7 Å². The molecule has 2 heterocycles. The molecule has 0 aliphatic rings. The Hall–Kier alpha value is -3.74. The molecular weight excluding hydrogens is 384 g/mol. The maximum atomic E-state index is 12.7. The van der Waals surface area contributed by atoms with Crippen LogP contribution in [0.15, 0.2) is 63.8 Å². The number of hydrogen-bond donors (Lipinski definition) is 0. The Labute approximate surface area is 171 Å². The predicted octanol–water partition coefficient (Wildman–Crippen LogP) is 3.84. The van der Waals surface area contributed by atoms with Crippen LogP contribution in [-0.4, -0.2) is 28.1 Å². The maximum Gasteiger partial charge on any atom is 0.359 e. The molecule has 152 valence electrons. The van der Waals surface area contributed by atoms with Crippen LogP contribution in [0.2, 0.25) is 0 Å². The van der Waals surface area contributed by atoms with Crippen LogP contribution in [0.4, 0.5) is 0 Å². The van der Waals surface area contributed by atoms with E-state index in [1.807, 2.05) is 32.0 Å². The lowest BCUT2D eigenvalue weighted by atomic mass is 10.1. The van der Waals surface area contributed by atoms with E-state index in [1.54, 1.807) is 36.4 Å². The van der Waals surface area contributed by atoms with E-state index in [0.717, 1.165) is 5.39 Å². The highest BCUT2D eigenvalue weighted by molar-refractivity contribution is 6.04. The van der Waals surface area contributed by atoms with Gasteiger partial charge in [0.15, 0.2) is 18.1 Å². The average Bonchev–Trinajstić information content (AvgIpc) is 3.18. The molecule has 0 saturated heterocycles. The van der Waals surface area contributed by atoms with E-state index in [0.29, 0.717) is 22.9 Å². The SMILES string of the molecule is CC(C)Cn1nc(C(=O)OCC(=O)c2cc3ccccc3o2)c2ccccc2c1=O. The number of nitrogens with zero attached hydrogens (tertiary/aromatic N) is 2. The van der Waals surface area contributed by atoms with Crippen LogP contribution in [-0.2, 0) is 11.3 Å². The number of esters is 1. The molecule has 0 aliphatic heterocycles. The summed E-state index contributed by atoms with van der Waals surface area (Å²) in [5, 5.41) is 5.78. The summed E-state index contributed by atoms with van der Waals surface area (Å²) in [6.45, 7) is 3.78. The topological polar surface area (TPSA) is 91.4 Å². The number of aromatic nitrogens is 2. The van der Waals surface area contributed by atoms with Crippen LogP contribution < -0.4 is 5.56 Å². The summed E-state index contributed by atoms with van der Waals surface area (Å²) in [6.07, 6.45) is 0. The Bertz CT molecular complexity index is 1280. The number of para-hydroxylation sites is 1. The van der Waals surface area contributed by atoms with E-state index in [2.05, 4.69) is 5.10 Å². The number of carbonyl (C=O) groups excluding carboxylic acids is 2. The normalized spacial score (nSPS) is 11.3. The minimum atomic E-state index is -0.770. The Morgan fingerprint density at radius 3 is 2.50 bits per heavy atom. The van der Waals surface area contributed by atoms with Gasteiger partial charge in [0, 0.05) is 17.3 Å². The lowest BCUT2D eigenvalue weighted by molar-refractivity contribution is 0.0462. The molecule has 7 nitrogen and oxygen atoms in total. The van der Waals surface area contributed by atoms with Crippen LogP contribution in [0, 0.1) is 5.92 Å². The largest absolute Gasteiger partial charge is 0.453 e. The van der Waals surface area contributed by atoms with Crippen molar-refractivity contribution in [1.82, 2.24) is 9.78 Å². The molecule has 0 radical (unpaired) electrons. The number of ether oxygens (including phenoxy) is 1. The Kier molecular flexibility index (Phi) is 5.18. The van der Waals surface area contributed by atoms with E-state index in [-0.39, 0.29) is 22.9 Å². The third kappa shape index (κ3) is 3.74. The summed E-state index contributed by atoms with van der Waals surface area (Å²) < 4.78 is 12.0. The van der Waals surface area contributed by atoms with Crippen molar-refractivity contribution in [1.29, 1.82) is 0 Å². The van der Waals surface area contributed by atoms with Crippen molar-refractivity contribution in [2.45, 2.75) is 20.4 Å². The monoisotopic (exact) mass is 404 g/mol. The van der Waals surface area contributed by atoms with E-state index >= 15 is 0 Å². The first-order valence-corrected chi connectivity index (χ1v) is 9.63. The molecule has 0 atom stereocenters. The van der Waals surface area contributed by atoms with Gasteiger partial charge >= 0.3 is 5.97 Å². The number of ketones is 1. The molecule has 0 aliphatic carbocycles. The minimum absolute atomic E-state index is 0.00301. The molecule has 0 amide bonds. The lowest BCUT2D eigenvalue weighted by Gasteiger charge is -2.12. The molecule has 4 aromatic rings. The first-order chi connectivity index (χ1) is 14.4. The van der Waals surface area contributed by atoms with Crippen molar-refractivity contribution < 1.29 is 18.7 Å². The molecule has 0 bridgehead atoms. The zero-order valence-corrected chi connectivity index (χ0v) is 16.6. The lowest BCUT2D eigenvalue weighted by Crippen LogP contribution is -2.28. The predicted molar refractivity (Wildman–Crippen MR) is 112 cm³/mol. The van der Waals surface area contributed by atoms with Crippen molar-refractivity contribution in [2.75, 3.05) is 6.61 Å². The number of hydrogen-bond acceptors (Lipinski definition) is 6. The van der Waals surface area contributed by atoms with Crippen molar-refractivity contribution >= 4 is 33.5 Å². The van der Waals surface area contributed by atoms with Gasteiger partial charge in [-0.25, -0.2) is 9.48 Å². The summed E-state index contributed by atoms with van der Waals surface area (Å²) in [5.41, 5.74) is 0.318. The van der Waals surface area contributed by atoms with Crippen molar-refractivity contribution in [2.24, 2.45) is 5.92 Å². The second kappa shape index (κ2) is 7.94. The van der Waals surface area contributed by atoms with Gasteiger partial charge in [-0.2, -0.15) is 5.10 Å². The molecule has 30 heavy (non-hydrogen) atoms. The number of carbonyl (C=O) groups is 2. The van der Waals surface area contributed by atoms with Crippen molar-refractivity contribution in [3.05, 3.63) is 76.4 Å². The fourth-order valence-corrected chi connectivity index (χ4v) is 3.25. The van der Waals surface area contributed by atoms with Crippen LogP contribution in [0.3, 0.4) is 0 Å². The number of rotatable bonds is 6. The molecule has 4 rings (SSSR count). The summed E-state index contributed by atoms with van der Waals surface area (Å²) in [4.78, 5) is 37.8. The third-order valence-electron chi connectivity index (χ3n) is 4.63. The Morgan fingerprint density at radius 1 is 1.07 bits per heavy atom. The highest BCUT2D eigenvalue weighted by Crippen LogP contribution is 2.20. The van der Waals surface area contributed by atoms with Gasteiger partial charge in [-0.05, 0) is 24.1 Å².